The molecule has 0 amide bonds. The normalized spacial score (nSPS) is 12.0. The third-order valence-electron chi connectivity index (χ3n) is 2.61. The summed E-state index contributed by atoms with van der Waals surface area (Å²) in [5, 5.41) is 18.7. The molecule has 1 aromatic carbocycles. The van der Waals surface area contributed by atoms with Gasteiger partial charge < -0.3 is 19.7 Å². The van der Waals surface area contributed by atoms with Crippen molar-refractivity contribution in [2.75, 3.05) is 14.2 Å². The average molecular weight is 275 g/mol. The molecule has 1 aromatic rings. The molecule has 2 N–H and O–H groups in total. The van der Waals surface area contributed by atoms with E-state index in [0.29, 0.717) is 17.1 Å². The van der Waals surface area contributed by atoms with Crippen LogP contribution in [0, 0.1) is 5.92 Å². The molecule has 18 heavy (non-hydrogen) atoms. The van der Waals surface area contributed by atoms with Gasteiger partial charge in [0.05, 0.1) is 25.2 Å². The van der Waals surface area contributed by atoms with Gasteiger partial charge in [-0.15, -0.1) is 0 Å². The first kappa shape index (κ1) is 14.4. The third kappa shape index (κ3) is 2.79. The van der Waals surface area contributed by atoms with Crippen LogP contribution in [0.2, 0.25) is 5.02 Å². The van der Waals surface area contributed by atoms with Crippen LogP contribution in [0.3, 0.4) is 0 Å². The van der Waals surface area contributed by atoms with Crippen LogP contribution in [0.5, 0.6) is 17.2 Å². The van der Waals surface area contributed by atoms with Gasteiger partial charge in [0.15, 0.2) is 11.5 Å². The number of methoxy groups -OCH3 is 2. The molecule has 0 aromatic heterocycles. The van der Waals surface area contributed by atoms with Crippen molar-refractivity contribution in [3.05, 3.63) is 16.7 Å². The Morgan fingerprint density at radius 3 is 2.50 bits per heavy atom. The molecule has 1 rings (SSSR count). The number of phenolic OH excluding ortho intramolecular Hbond substituents is 1. The Labute approximate surface area is 110 Å². The Bertz CT molecular complexity index is 458. The Hall–Kier alpha value is -1.62. The van der Waals surface area contributed by atoms with Gasteiger partial charge in [-0.3, -0.25) is 4.79 Å². The summed E-state index contributed by atoms with van der Waals surface area (Å²) in [6.45, 7) is 1.55. The van der Waals surface area contributed by atoms with E-state index in [9.17, 15) is 9.90 Å². The number of halogens is 1. The lowest BCUT2D eigenvalue weighted by Gasteiger charge is -2.16. The van der Waals surface area contributed by atoms with Gasteiger partial charge in [0.2, 0.25) is 0 Å². The van der Waals surface area contributed by atoms with Crippen LogP contribution < -0.4 is 9.47 Å². The van der Waals surface area contributed by atoms with Gasteiger partial charge in [-0.25, -0.2) is 0 Å². The second-order valence-electron chi connectivity index (χ2n) is 3.87. The Balaban J connectivity index is 3.30. The van der Waals surface area contributed by atoms with E-state index in [1.165, 1.54) is 20.3 Å². The number of aliphatic carboxylic acids is 1. The molecule has 0 heterocycles. The number of aromatic hydroxyl groups is 1. The van der Waals surface area contributed by atoms with Crippen molar-refractivity contribution >= 4 is 17.6 Å². The molecule has 100 valence electrons. The van der Waals surface area contributed by atoms with E-state index in [1.54, 1.807) is 6.92 Å². The van der Waals surface area contributed by atoms with E-state index in [0.717, 1.165) is 0 Å². The molecule has 0 saturated carbocycles. The van der Waals surface area contributed by atoms with Crippen LogP contribution in [0.15, 0.2) is 6.07 Å². The summed E-state index contributed by atoms with van der Waals surface area (Å²) in [6, 6.07) is 1.33. The third-order valence-corrected chi connectivity index (χ3v) is 3.03. The van der Waals surface area contributed by atoms with Crippen molar-refractivity contribution in [1.29, 1.82) is 0 Å². The highest BCUT2D eigenvalue weighted by molar-refractivity contribution is 6.33. The fourth-order valence-corrected chi connectivity index (χ4v) is 1.82. The van der Waals surface area contributed by atoms with E-state index >= 15 is 0 Å². The molecule has 0 radical (unpaired) electrons. The zero-order valence-electron chi connectivity index (χ0n) is 10.4. The molecular weight excluding hydrogens is 260 g/mol. The van der Waals surface area contributed by atoms with Gasteiger partial charge in [-0.2, -0.15) is 0 Å². The quantitative estimate of drug-likeness (QED) is 0.862. The number of phenols is 1. The predicted octanol–water partition coefficient (Wildman–Crippen LogP) is 2.33. The number of hydrogen-bond acceptors (Lipinski definition) is 4. The second-order valence-corrected chi connectivity index (χ2v) is 4.25. The lowest BCUT2D eigenvalue weighted by atomic mass is 9.99. The summed E-state index contributed by atoms with van der Waals surface area (Å²) >= 11 is 5.98. The van der Waals surface area contributed by atoms with Crippen molar-refractivity contribution in [1.82, 2.24) is 0 Å². The van der Waals surface area contributed by atoms with Crippen LogP contribution >= 0.6 is 11.6 Å². The summed E-state index contributed by atoms with van der Waals surface area (Å²) in [6.07, 6.45) is 0.141. The SMILES string of the molecule is COc1cc(O)c(Cl)c(CC(C)C(=O)O)c1OC. The van der Waals surface area contributed by atoms with E-state index in [2.05, 4.69) is 0 Å². The number of hydrogen-bond donors (Lipinski definition) is 2. The van der Waals surface area contributed by atoms with Crippen LogP contribution in [0.25, 0.3) is 0 Å². The van der Waals surface area contributed by atoms with Gasteiger partial charge in [-0.1, -0.05) is 18.5 Å². The molecular formula is C12H15ClO5. The molecule has 0 fully saturated rings. The summed E-state index contributed by atoms with van der Waals surface area (Å²) in [4.78, 5) is 10.9. The Morgan fingerprint density at radius 2 is 2.06 bits per heavy atom. The molecule has 0 aliphatic carbocycles. The Morgan fingerprint density at radius 1 is 1.44 bits per heavy atom. The standard InChI is InChI=1S/C12H15ClO5/c1-6(12(15)16)4-7-10(13)8(14)5-9(17-2)11(7)18-3/h5-6,14H,4H2,1-3H3,(H,15,16). The molecule has 0 spiro atoms. The molecule has 5 nitrogen and oxygen atoms in total. The topological polar surface area (TPSA) is 76.0 Å². The molecule has 1 atom stereocenters. The molecule has 0 bridgehead atoms. The first-order valence-electron chi connectivity index (χ1n) is 5.27. The van der Waals surface area contributed by atoms with E-state index in [-0.39, 0.29) is 17.2 Å². The van der Waals surface area contributed by atoms with Crippen LogP contribution in [-0.4, -0.2) is 30.4 Å². The first-order chi connectivity index (χ1) is 8.42. The highest BCUT2D eigenvalue weighted by Gasteiger charge is 2.22. The van der Waals surface area contributed by atoms with Gasteiger partial charge in [-0.05, 0) is 6.42 Å². The van der Waals surface area contributed by atoms with E-state index < -0.39 is 11.9 Å². The van der Waals surface area contributed by atoms with E-state index in [1.807, 2.05) is 0 Å². The minimum absolute atomic E-state index is 0.0840. The molecule has 1 unspecified atom stereocenters. The van der Waals surface area contributed by atoms with Crippen LogP contribution in [-0.2, 0) is 11.2 Å². The summed E-state index contributed by atoms with van der Waals surface area (Å²) in [5.74, 6) is -1.11. The van der Waals surface area contributed by atoms with Gasteiger partial charge in [0, 0.05) is 11.6 Å². The second kappa shape index (κ2) is 5.82. The number of benzene rings is 1. The fourth-order valence-electron chi connectivity index (χ4n) is 1.61. The van der Waals surface area contributed by atoms with Gasteiger partial charge in [0.25, 0.3) is 0 Å². The lowest BCUT2D eigenvalue weighted by Crippen LogP contribution is -2.13. The number of carboxylic acids is 1. The average Bonchev–Trinajstić information content (AvgIpc) is 2.34. The zero-order chi connectivity index (χ0) is 13.9. The maximum atomic E-state index is 10.9. The fraction of sp³-hybridized carbons (Fsp3) is 0.417. The number of ether oxygens (including phenoxy) is 2. The van der Waals surface area contributed by atoms with Crippen molar-refractivity contribution in [3.8, 4) is 17.2 Å². The summed E-state index contributed by atoms with van der Waals surface area (Å²) in [7, 11) is 2.86. The van der Waals surface area contributed by atoms with Gasteiger partial charge >= 0.3 is 5.97 Å². The van der Waals surface area contributed by atoms with Crippen molar-refractivity contribution in [2.24, 2.45) is 5.92 Å². The van der Waals surface area contributed by atoms with Crippen molar-refractivity contribution < 1.29 is 24.5 Å². The lowest BCUT2D eigenvalue weighted by molar-refractivity contribution is -0.141. The number of rotatable bonds is 5. The van der Waals surface area contributed by atoms with Crippen molar-refractivity contribution in [3.63, 3.8) is 0 Å². The molecule has 6 heteroatoms. The van der Waals surface area contributed by atoms with Crippen molar-refractivity contribution in [2.45, 2.75) is 13.3 Å². The van der Waals surface area contributed by atoms with Crippen LogP contribution in [0.1, 0.15) is 12.5 Å². The smallest absolute Gasteiger partial charge is 0.306 e. The zero-order valence-corrected chi connectivity index (χ0v) is 11.1. The Kier molecular flexibility index (Phi) is 4.67. The number of carboxylic acid groups (broad SMARTS) is 1. The first-order valence-corrected chi connectivity index (χ1v) is 5.65. The molecule has 0 saturated heterocycles. The number of carbonyl (C=O) groups is 1. The summed E-state index contributed by atoms with van der Waals surface area (Å²) < 4.78 is 10.2. The molecule has 0 aliphatic heterocycles. The monoisotopic (exact) mass is 274 g/mol. The minimum atomic E-state index is -0.949. The highest BCUT2D eigenvalue weighted by Crippen LogP contribution is 2.42. The predicted molar refractivity (Wildman–Crippen MR) is 66.7 cm³/mol. The summed E-state index contributed by atoms with van der Waals surface area (Å²) in [5.41, 5.74) is 0.422. The van der Waals surface area contributed by atoms with E-state index in [4.69, 9.17) is 26.2 Å². The minimum Gasteiger partial charge on any atom is -0.506 e. The van der Waals surface area contributed by atoms with Gasteiger partial charge in [0.1, 0.15) is 5.75 Å². The highest BCUT2D eigenvalue weighted by atomic mass is 35.5. The maximum Gasteiger partial charge on any atom is 0.306 e. The molecule has 0 aliphatic rings. The van der Waals surface area contributed by atoms with Crippen LogP contribution in [0.4, 0.5) is 0 Å². The maximum absolute atomic E-state index is 10.9. The largest absolute Gasteiger partial charge is 0.506 e.